The van der Waals surface area contributed by atoms with Crippen LogP contribution >= 0.6 is 0 Å². The third-order valence-corrected chi connectivity index (χ3v) is 2.40. The number of rotatable bonds is 3. The summed E-state index contributed by atoms with van der Waals surface area (Å²) >= 11 is 0. The third kappa shape index (κ3) is 2.99. The zero-order valence-corrected chi connectivity index (χ0v) is 9.19. The summed E-state index contributed by atoms with van der Waals surface area (Å²) in [6, 6.07) is -0.133. The molecule has 82 valence electrons. The van der Waals surface area contributed by atoms with Gasteiger partial charge < -0.3 is 11.1 Å². The van der Waals surface area contributed by atoms with Crippen molar-refractivity contribution in [1.29, 1.82) is 0 Å². The first-order valence-corrected chi connectivity index (χ1v) is 4.76. The van der Waals surface area contributed by atoms with Gasteiger partial charge >= 0.3 is 0 Å². The Morgan fingerprint density at radius 1 is 1.47 bits per heavy atom. The van der Waals surface area contributed by atoms with Crippen LogP contribution in [-0.4, -0.2) is 27.5 Å². The highest BCUT2D eigenvalue weighted by Crippen LogP contribution is 2.07. The number of nitrogens with two attached hydrogens (primary N) is 1. The molecule has 0 saturated heterocycles. The van der Waals surface area contributed by atoms with E-state index in [2.05, 4.69) is 15.3 Å². The minimum Gasteiger partial charge on any atom is -0.346 e. The van der Waals surface area contributed by atoms with Gasteiger partial charge in [-0.25, -0.2) is 9.97 Å². The van der Waals surface area contributed by atoms with Crippen LogP contribution in [-0.2, 0) is 0 Å². The molecule has 3 N–H and O–H groups in total. The van der Waals surface area contributed by atoms with Gasteiger partial charge in [0.25, 0.3) is 5.91 Å². The number of hydrogen-bond donors (Lipinski definition) is 2. The van der Waals surface area contributed by atoms with E-state index in [-0.39, 0.29) is 11.9 Å². The topological polar surface area (TPSA) is 80.9 Å². The van der Waals surface area contributed by atoms with Gasteiger partial charge in [-0.05, 0) is 20.8 Å². The van der Waals surface area contributed by atoms with Crippen LogP contribution in [0.1, 0.15) is 31.1 Å². The van der Waals surface area contributed by atoms with Gasteiger partial charge in [-0.2, -0.15) is 0 Å². The first kappa shape index (κ1) is 11.6. The number of hydrogen-bond acceptors (Lipinski definition) is 4. The van der Waals surface area contributed by atoms with E-state index in [1.807, 2.05) is 20.8 Å². The second-order valence-corrected chi connectivity index (χ2v) is 4.09. The van der Waals surface area contributed by atoms with Gasteiger partial charge in [-0.1, -0.05) is 0 Å². The molecule has 1 heterocycles. The Balaban J connectivity index is 2.73. The predicted octanol–water partition coefficient (Wildman–Crippen LogP) is 0.332. The molecule has 1 aromatic rings. The Hall–Kier alpha value is -1.49. The summed E-state index contributed by atoms with van der Waals surface area (Å²) in [6.45, 7) is 5.60. The Labute approximate surface area is 89.1 Å². The Morgan fingerprint density at radius 3 is 2.47 bits per heavy atom. The molecule has 1 aromatic heterocycles. The number of carbonyl (C=O) groups is 1. The Kier molecular flexibility index (Phi) is 3.36. The molecule has 0 aromatic carbocycles. The summed E-state index contributed by atoms with van der Waals surface area (Å²) in [5, 5.41) is 2.83. The normalized spacial score (nSPS) is 13.3. The average Bonchev–Trinajstić information content (AvgIpc) is 2.18. The van der Waals surface area contributed by atoms with Crippen molar-refractivity contribution in [3.05, 3.63) is 24.3 Å². The van der Waals surface area contributed by atoms with E-state index in [1.165, 1.54) is 18.7 Å². The van der Waals surface area contributed by atoms with Crippen molar-refractivity contribution in [2.24, 2.45) is 5.73 Å². The number of amides is 1. The fourth-order valence-electron chi connectivity index (χ4n) is 0.895. The molecule has 1 unspecified atom stereocenters. The van der Waals surface area contributed by atoms with Gasteiger partial charge in [0.15, 0.2) is 0 Å². The molecule has 0 saturated carbocycles. The van der Waals surface area contributed by atoms with Crippen molar-refractivity contribution in [3.63, 3.8) is 0 Å². The monoisotopic (exact) mass is 208 g/mol. The van der Waals surface area contributed by atoms with Crippen LogP contribution in [0.15, 0.2) is 18.7 Å². The maximum Gasteiger partial charge on any atom is 0.254 e. The maximum absolute atomic E-state index is 11.7. The molecule has 1 atom stereocenters. The van der Waals surface area contributed by atoms with Crippen molar-refractivity contribution < 1.29 is 4.79 Å². The van der Waals surface area contributed by atoms with E-state index in [1.54, 1.807) is 0 Å². The summed E-state index contributed by atoms with van der Waals surface area (Å²) in [6.07, 6.45) is 4.33. The van der Waals surface area contributed by atoms with Crippen molar-refractivity contribution in [1.82, 2.24) is 15.3 Å². The van der Waals surface area contributed by atoms with E-state index in [0.29, 0.717) is 5.56 Å². The SMILES string of the molecule is CC(N)C(C)(C)NC(=O)c1cncnc1. The Morgan fingerprint density at radius 2 is 2.00 bits per heavy atom. The largest absolute Gasteiger partial charge is 0.346 e. The highest BCUT2D eigenvalue weighted by molar-refractivity contribution is 5.94. The lowest BCUT2D eigenvalue weighted by molar-refractivity contribution is 0.0902. The van der Waals surface area contributed by atoms with Crippen LogP contribution in [0.25, 0.3) is 0 Å². The fraction of sp³-hybridized carbons (Fsp3) is 0.500. The highest BCUT2D eigenvalue weighted by Gasteiger charge is 2.25. The molecule has 0 aliphatic heterocycles. The first-order valence-electron chi connectivity index (χ1n) is 4.76. The summed E-state index contributed by atoms with van der Waals surface area (Å²) in [7, 11) is 0. The lowest BCUT2D eigenvalue weighted by Crippen LogP contribution is -2.54. The van der Waals surface area contributed by atoms with Gasteiger partial charge in [0, 0.05) is 24.0 Å². The van der Waals surface area contributed by atoms with Crippen molar-refractivity contribution in [2.45, 2.75) is 32.4 Å². The minimum absolute atomic E-state index is 0.133. The number of nitrogens with zero attached hydrogens (tertiary/aromatic N) is 2. The zero-order valence-electron chi connectivity index (χ0n) is 9.19. The molecule has 0 aliphatic rings. The van der Waals surface area contributed by atoms with Gasteiger partial charge in [0.2, 0.25) is 0 Å². The minimum atomic E-state index is -0.451. The maximum atomic E-state index is 11.7. The van der Waals surface area contributed by atoms with Crippen LogP contribution in [0, 0.1) is 0 Å². The van der Waals surface area contributed by atoms with Crippen LogP contribution in [0.4, 0.5) is 0 Å². The van der Waals surface area contributed by atoms with Crippen LogP contribution in [0.3, 0.4) is 0 Å². The van der Waals surface area contributed by atoms with Gasteiger partial charge in [0.1, 0.15) is 6.33 Å². The van der Waals surface area contributed by atoms with Crippen LogP contribution < -0.4 is 11.1 Å². The second-order valence-electron chi connectivity index (χ2n) is 4.09. The van der Waals surface area contributed by atoms with Crippen molar-refractivity contribution in [2.75, 3.05) is 0 Å². The van der Waals surface area contributed by atoms with E-state index in [0.717, 1.165) is 0 Å². The van der Waals surface area contributed by atoms with Crippen LogP contribution in [0.2, 0.25) is 0 Å². The molecule has 15 heavy (non-hydrogen) atoms. The van der Waals surface area contributed by atoms with E-state index in [4.69, 9.17) is 5.73 Å². The molecule has 0 bridgehead atoms. The van der Waals surface area contributed by atoms with E-state index in [9.17, 15) is 4.79 Å². The van der Waals surface area contributed by atoms with Crippen molar-refractivity contribution in [3.8, 4) is 0 Å². The van der Waals surface area contributed by atoms with Gasteiger partial charge in [-0.15, -0.1) is 0 Å². The summed E-state index contributed by atoms with van der Waals surface area (Å²) in [5.74, 6) is -0.210. The molecule has 5 nitrogen and oxygen atoms in total. The average molecular weight is 208 g/mol. The third-order valence-electron chi connectivity index (χ3n) is 2.40. The lowest BCUT2D eigenvalue weighted by Gasteiger charge is -2.30. The molecular weight excluding hydrogens is 192 g/mol. The number of aromatic nitrogens is 2. The molecule has 1 rings (SSSR count). The standard InChI is InChI=1S/C10H16N4O/c1-7(11)10(2,3)14-9(15)8-4-12-6-13-5-8/h4-7H,11H2,1-3H3,(H,14,15). The summed E-state index contributed by atoms with van der Waals surface area (Å²) in [5.41, 5.74) is 5.74. The zero-order chi connectivity index (χ0) is 11.5. The lowest BCUT2D eigenvalue weighted by atomic mass is 9.96. The summed E-state index contributed by atoms with van der Waals surface area (Å²) in [4.78, 5) is 19.3. The number of carbonyl (C=O) groups excluding carboxylic acids is 1. The first-order chi connectivity index (χ1) is 6.93. The summed E-state index contributed by atoms with van der Waals surface area (Å²) < 4.78 is 0. The Bertz CT molecular complexity index is 335. The van der Waals surface area contributed by atoms with E-state index >= 15 is 0 Å². The van der Waals surface area contributed by atoms with E-state index < -0.39 is 5.54 Å². The predicted molar refractivity (Wildman–Crippen MR) is 57.2 cm³/mol. The molecule has 5 heteroatoms. The van der Waals surface area contributed by atoms with Crippen molar-refractivity contribution >= 4 is 5.91 Å². The molecule has 0 radical (unpaired) electrons. The molecule has 0 spiro atoms. The van der Waals surface area contributed by atoms with Crippen LogP contribution in [0.5, 0.6) is 0 Å². The molecule has 0 fully saturated rings. The quantitative estimate of drug-likeness (QED) is 0.750. The smallest absolute Gasteiger partial charge is 0.254 e. The van der Waals surface area contributed by atoms with Gasteiger partial charge in [-0.3, -0.25) is 4.79 Å². The highest BCUT2D eigenvalue weighted by atomic mass is 16.1. The second kappa shape index (κ2) is 4.35. The number of nitrogens with one attached hydrogen (secondary N) is 1. The fourth-order valence-corrected chi connectivity index (χ4v) is 0.895. The molecular formula is C10H16N4O. The molecule has 1 amide bonds. The molecule has 0 aliphatic carbocycles. The van der Waals surface area contributed by atoms with Gasteiger partial charge in [0.05, 0.1) is 5.56 Å².